The first-order valence-corrected chi connectivity index (χ1v) is 6.59. The molecule has 1 aromatic rings. The van der Waals surface area contributed by atoms with Gasteiger partial charge in [0.05, 0.1) is 13.4 Å². The molecule has 2 heterocycles. The lowest BCUT2D eigenvalue weighted by Crippen LogP contribution is -2.45. The topological polar surface area (TPSA) is 47.4 Å². The van der Waals surface area contributed by atoms with Crippen molar-refractivity contribution in [2.45, 2.75) is 38.3 Å². The van der Waals surface area contributed by atoms with Crippen LogP contribution in [0, 0.1) is 0 Å². The maximum Gasteiger partial charge on any atom is 0.323 e. The minimum Gasteiger partial charge on any atom is -0.468 e. The molecule has 1 aliphatic rings. The van der Waals surface area contributed by atoms with Crippen LogP contribution in [0.4, 0.5) is 0 Å². The summed E-state index contributed by atoms with van der Waals surface area (Å²) in [6.07, 6.45) is 9.85. The summed E-state index contributed by atoms with van der Waals surface area (Å²) in [5, 5.41) is 0. The molecule has 0 radical (unpaired) electrons. The average molecular weight is 251 g/mol. The summed E-state index contributed by atoms with van der Waals surface area (Å²) in [5.41, 5.74) is 0. The van der Waals surface area contributed by atoms with Crippen molar-refractivity contribution >= 4 is 5.97 Å². The molecule has 1 saturated heterocycles. The normalized spacial score (nSPS) is 20.8. The van der Waals surface area contributed by atoms with Crippen LogP contribution in [0.1, 0.15) is 25.7 Å². The summed E-state index contributed by atoms with van der Waals surface area (Å²) >= 11 is 0. The van der Waals surface area contributed by atoms with Crippen LogP contribution in [0.25, 0.3) is 0 Å². The predicted molar refractivity (Wildman–Crippen MR) is 68.1 cm³/mol. The number of carbonyl (C=O) groups excluding carboxylic acids is 1. The van der Waals surface area contributed by atoms with Gasteiger partial charge in [0.15, 0.2) is 0 Å². The molecule has 0 spiro atoms. The Morgan fingerprint density at radius 2 is 2.33 bits per heavy atom. The number of hydrogen-bond acceptors (Lipinski definition) is 4. The Balaban J connectivity index is 1.80. The molecule has 1 aromatic heterocycles. The minimum absolute atomic E-state index is 0.0356. The first-order valence-electron chi connectivity index (χ1n) is 6.59. The van der Waals surface area contributed by atoms with E-state index in [1.54, 1.807) is 6.20 Å². The molecule has 0 N–H and O–H groups in total. The molecule has 0 aromatic carbocycles. The number of carbonyl (C=O) groups is 1. The first kappa shape index (κ1) is 13.1. The number of ether oxygens (including phenoxy) is 1. The van der Waals surface area contributed by atoms with Crippen molar-refractivity contribution in [1.29, 1.82) is 0 Å². The molecule has 2 rings (SSSR count). The third-order valence-corrected chi connectivity index (χ3v) is 3.51. The lowest BCUT2D eigenvalue weighted by molar-refractivity contribution is -0.148. The number of rotatable bonds is 5. The van der Waals surface area contributed by atoms with Crippen LogP contribution >= 0.6 is 0 Å². The van der Waals surface area contributed by atoms with Crippen LogP contribution in [0.5, 0.6) is 0 Å². The average Bonchev–Trinajstić information content (AvgIpc) is 2.92. The molecular formula is C13H21N3O2. The molecular weight excluding hydrogens is 230 g/mol. The molecule has 0 aliphatic carbocycles. The Morgan fingerprint density at radius 3 is 3.06 bits per heavy atom. The summed E-state index contributed by atoms with van der Waals surface area (Å²) < 4.78 is 6.94. The van der Waals surface area contributed by atoms with E-state index in [2.05, 4.69) is 14.5 Å². The van der Waals surface area contributed by atoms with E-state index in [-0.39, 0.29) is 12.0 Å². The van der Waals surface area contributed by atoms with Crippen molar-refractivity contribution in [1.82, 2.24) is 14.5 Å². The fourth-order valence-corrected chi connectivity index (χ4v) is 2.54. The van der Waals surface area contributed by atoms with Gasteiger partial charge in [-0.25, -0.2) is 4.98 Å². The van der Waals surface area contributed by atoms with E-state index in [1.165, 1.54) is 13.5 Å². The second-order valence-corrected chi connectivity index (χ2v) is 4.72. The molecule has 0 saturated carbocycles. The zero-order chi connectivity index (χ0) is 12.8. The van der Waals surface area contributed by atoms with E-state index in [4.69, 9.17) is 4.74 Å². The van der Waals surface area contributed by atoms with Gasteiger partial charge in [-0.05, 0) is 25.8 Å². The molecule has 1 atom stereocenters. The molecule has 1 aliphatic heterocycles. The molecule has 1 fully saturated rings. The van der Waals surface area contributed by atoms with Crippen molar-refractivity contribution < 1.29 is 9.53 Å². The fraction of sp³-hybridized carbons (Fsp3) is 0.692. The molecule has 1 unspecified atom stereocenters. The second kappa shape index (κ2) is 6.54. The summed E-state index contributed by atoms with van der Waals surface area (Å²) in [5.74, 6) is -0.0858. The van der Waals surface area contributed by atoms with Gasteiger partial charge in [-0.3, -0.25) is 9.69 Å². The monoisotopic (exact) mass is 251 g/mol. The zero-order valence-electron chi connectivity index (χ0n) is 10.9. The van der Waals surface area contributed by atoms with Crippen LogP contribution < -0.4 is 0 Å². The summed E-state index contributed by atoms with van der Waals surface area (Å²) in [6.45, 7) is 2.89. The molecule has 5 nitrogen and oxygen atoms in total. The number of hydrogen-bond donors (Lipinski definition) is 0. The fourth-order valence-electron chi connectivity index (χ4n) is 2.54. The number of esters is 1. The van der Waals surface area contributed by atoms with Gasteiger partial charge in [-0.15, -0.1) is 0 Å². The molecule has 5 heteroatoms. The van der Waals surface area contributed by atoms with Gasteiger partial charge in [0.1, 0.15) is 6.04 Å². The Morgan fingerprint density at radius 1 is 1.44 bits per heavy atom. The quantitative estimate of drug-likeness (QED) is 0.740. The largest absolute Gasteiger partial charge is 0.468 e. The number of aryl methyl sites for hydroxylation is 1. The SMILES string of the molecule is COC(=O)C1CCCCN1CCCn1ccnc1. The number of methoxy groups -OCH3 is 1. The molecule has 0 bridgehead atoms. The lowest BCUT2D eigenvalue weighted by atomic mass is 10.0. The maximum absolute atomic E-state index is 11.7. The summed E-state index contributed by atoms with van der Waals surface area (Å²) in [7, 11) is 1.47. The third kappa shape index (κ3) is 3.32. The zero-order valence-corrected chi connectivity index (χ0v) is 10.9. The Labute approximate surface area is 108 Å². The van der Waals surface area contributed by atoms with Crippen molar-refractivity contribution in [2.75, 3.05) is 20.2 Å². The van der Waals surface area contributed by atoms with Crippen LogP contribution in [0.2, 0.25) is 0 Å². The van der Waals surface area contributed by atoms with Crippen molar-refractivity contribution in [3.8, 4) is 0 Å². The van der Waals surface area contributed by atoms with Gasteiger partial charge in [-0.1, -0.05) is 6.42 Å². The standard InChI is InChI=1S/C13H21N3O2/c1-18-13(17)12-5-2-3-8-16(12)9-4-7-15-10-6-14-11-15/h6,10-12H,2-5,7-9H2,1H3. The van der Waals surface area contributed by atoms with Crippen LogP contribution in [-0.4, -0.2) is 46.7 Å². The number of aromatic nitrogens is 2. The van der Waals surface area contributed by atoms with E-state index in [0.717, 1.165) is 38.9 Å². The third-order valence-electron chi connectivity index (χ3n) is 3.51. The second-order valence-electron chi connectivity index (χ2n) is 4.72. The minimum atomic E-state index is -0.0858. The highest BCUT2D eigenvalue weighted by Crippen LogP contribution is 2.18. The smallest absolute Gasteiger partial charge is 0.323 e. The maximum atomic E-state index is 11.7. The van der Waals surface area contributed by atoms with Crippen LogP contribution in [-0.2, 0) is 16.1 Å². The van der Waals surface area contributed by atoms with Crippen molar-refractivity contribution in [3.05, 3.63) is 18.7 Å². The Bertz CT molecular complexity index is 364. The van der Waals surface area contributed by atoms with E-state index < -0.39 is 0 Å². The first-order chi connectivity index (χ1) is 8.81. The van der Waals surface area contributed by atoms with Gasteiger partial charge in [-0.2, -0.15) is 0 Å². The Hall–Kier alpha value is -1.36. The van der Waals surface area contributed by atoms with E-state index >= 15 is 0 Å². The van der Waals surface area contributed by atoms with Crippen molar-refractivity contribution in [2.24, 2.45) is 0 Å². The van der Waals surface area contributed by atoms with Crippen LogP contribution in [0.3, 0.4) is 0 Å². The van der Waals surface area contributed by atoms with Gasteiger partial charge < -0.3 is 9.30 Å². The number of imidazole rings is 1. The Kier molecular flexibility index (Phi) is 4.75. The van der Waals surface area contributed by atoms with Crippen molar-refractivity contribution in [3.63, 3.8) is 0 Å². The van der Waals surface area contributed by atoms with Gasteiger partial charge in [0, 0.05) is 25.5 Å². The summed E-state index contributed by atoms with van der Waals surface area (Å²) in [4.78, 5) is 18.0. The van der Waals surface area contributed by atoms with Crippen LogP contribution in [0.15, 0.2) is 18.7 Å². The lowest BCUT2D eigenvalue weighted by Gasteiger charge is -2.33. The summed E-state index contributed by atoms with van der Waals surface area (Å²) in [6, 6.07) is -0.0356. The van der Waals surface area contributed by atoms with E-state index in [0.29, 0.717) is 0 Å². The molecule has 18 heavy (non-hydrogen) atoms. The highest BCUT2D eigenvalue weighted by atomic mass is 16.5. The highest BCUT2D eigenvalue weighted by molar-refractivity contribution is 5.75. The van der Waals surface area contributed by atoms with E-state index in [1.807, 2.05) is 12.5 Å². The number of piperidine rings is 1. The van der Waals surface area contributed by atoms with Gasteiger partial charge in [0.2, 0.25) is 0 Å². The van der Waals surface area contributed by atoms with Gasteiger partial charge in [0.25, 0.3) is 0 Å². The molecule has 0 amide bonds. The number of nitrogens with zero attached hydrogens (tertiary/aromatic N) is 3. The molecule has 100 valence electrons. The van der Waals surface area contributed by atoms with E-state index in [9.17, 15) is 4.79 Å². The predicted octanol–water partition coefficient (Wildman–Crippen LogP) is 1.30. The highest BCUT2D eigenvalue weighted by Gasteiger charge is 2.28. The number of likely N-dealkylation sites (tertiary alicyclic amines) is 1. The van der Waals surface area contributed by atoms with Gasteiger partial charge >= 0.3 is 5.97 Å².